The smallest absolute Gasteiger partial charge is 0.262 e. The van der Waals surface area contributed by atoms with Gasteiger partial charge in [0.2, 0.25) is 0 Å². The summed E-state index contributed by atoms with van der Waals surface area (Å²) < 4.78 is 40.2. The van der Waals surface area contributed by atoms with Gasteiger partial charge >= 0.3 is 0 Å². The number of benzene rings is 2. The number of rotatable bonds is 5. The predicted molar refractivity (Wildman–Crippen MR) is 105 cm³/mol. The normalized spacial score (nSPS) is 16.7. The SMILES string of the molecule is COc1ccc(NS(=O)(=O)c2ccc(Br)cc2)c2c1C[C@@H](N(C)C)CO2. The summed E-state index contributed by atoms with van der Waals surface area (Å²) in [6, 6.07) is 10.1. The van der Waals surface area contributed by atoms with Crippen LogP contribution >= 0.6 is 15.9 Å². The summed E-state index contributed by atoms with van der Waals surface area (Å²) in [4.78, 5) is 2.27. The highest BCUT2D eigenvalue weighted by Crippen LogP contribution is 2.40. The molecule has 2 aromatic rings. The zero-order valence-electron chi connectivity index (χ0n) is 14.8. The number of sulfonamides is 1. The Morgan fingerprint density at radius 2 is 1.88 bits per heavy atom. The average Bonchev–Trinajstić information content (AvgIpc) is 2.61. The van der Waals surface area contributed by atoms with E-state index in [-0.39, 0.29) is 10.9 Å². The van der Waals surface area contributed by atoms with Crippen molar-refractivity contribution in [1.82, 2.24) is 4.90 Å². The molecule has 1 aliphatic rings. The molecule has 2 aromatic carbocycles. The predicted octanol–water partition coefficient (Wildman–Crippen LogP) is 3.12. The van der Waals surface area contributed by atoms with E-state index in [1.807, 2.05) is 14.1 Å². The largest absolute Gasteiger partial charge is 0.496 e. The van der Waals surface area contributed by atoms with Gasteiger partial charge in [-0.3, -0.25) is 4.72 Å². The van der Waals surface area contributed by atoms with Gasteiger partial charge in [0.25, 0.3) is 10.0 Å². The van der Waals surface area contributed by atoms with Crippen LogP contribution in [0.2, 0.25) is 0 Å². The number of anilines is 1. The van der Waals surface area contributed by atoms with E-state index < -0.39 is 10.0 Å². The summed E-state index contributed by atoms with van der Waals surface area (Å²) in [5, 5.41) is 0. The van der Waals surface area contributed by atoms with Crippen molar-refractivity contribution in [1.29, 1.82) is 0 Å². The lowest BCUT2D eigenvalue weighted by Crippen LogP contribution is -2.38. The van der Waals surface area contributed by atoms with E-state index in [2.05, 4.69) is 25.6 Å². The maximum Gasteiger partial charge on any atom is 0.262 e. The lowest BCUT2D eigenvalue weighted by atomic mass is 10.00. The Morgan fingerprint density at radius 1 is 1.19 bits per heavy atom. The summed E-state index contributed by atoms with van der Waals surface area (Å²) in [7, 11) is 1.87. The van der Waals surface area contributed by atoms with Gasteiger partial charge in [0.15, 0.2) is 0 Å². The summed E-state index contributed by atoms with van der Waals surface area (Å²) >= 11 is 3.31. The topological polar surface area (TPSA) is 67.9 Å². The van der Waals surface area contributed by atoms with Crippen molar-refractivity contribution in [3.63, 3.8) is 0 Å². The van der Waals surface area contributed by atoms with Crippen LogP contribution < -0.4 is 14.2 Å². The van der Waals surface area contributed by atoms with Crippen molar-refractivity contribution in [2.45, 2.75) is 17.4 Å². The van der Waals surface area contributed by atoms with E-state index >= 15 is 0 Å². The van der Waals surface area contributed by atoms with E-state index in [4.69, 9.17) is 9.47 Å². The third kappa shape index (κ3) is 3.82. The van der Waals surface area contributed by atoms with Gasteiger partial charge in [-0.1, -0.05) is 15.9 Å². The summed E-state index contributed by atoms with van der Waals surface area (Å²) in [6.45, 7) is 0.486. The molecule has 1 atom stereocenters. The first kappa shape index (κ1) is 19.0. The molecule has 3 rings (SSSR count). The van der Waals surface area contributed by atoms with Crippen molar-refractivity contribution in [3.05, 3.63) is 46.4 Å². The van der Waals surface area contributed by atoms with Crippen molar-refractivity contribution < 1.29 is 17.9 Å². The molecule has 26 heavy (non-hydrogen) atoms. The van der Waals surface area contributed by atoms with Crippen LogP contribution in [0.15, 0.2) is 45.8 Å². The highest BCUT2D eigenvalue weighted by Gasteiger charge is 2.28. The molecule has 0 aliphatic carbocycles. The van der Waals surface area contributed by atoms with Crippen LogP contribution in [0.1, 0.15) is 5.56 Å². The molecular formula is C18H21BrN2O4S. The molecule has 0 aromatic heterocycles. The lowest BCUT2D eigenvalue weighted by molar-refractivity contribution is 0.164. The van der Waals surface area contributed by atoms with Gasteiger partial charge in [0.1, 0.15) is 18.1 Å². The number of nitrogens with one attached hydrogen (secondary N) is 1. The fourth-order valence-corrected chi connectivity index (χ4v) is 4.19. The first-order valence-electron chi connectivity index (χ1n) is 8.09. The van der Waals surface area contributed by atoms with E-state index in [1.54, 1.807) is 43.5 Å². The number of fused-ring (bicyclic) bond motifs is 1. The second-order valence-corrected chi connectivity index (χ2v) is 8.91. The minimum atomic E-state index is -3.72. The first-order chi connectivity index (χ1) is 12.3. The Morgan fingerprint density at radius 3 is 2.50 bits per heavy atom. The second kappa shape index (κ2) is 7.46. The zero-order valence-corrected chi connectivity index (χ0v) is 17.2. The molecular weight excluding hydrogens is 420 g/mol. The number of hydrogen-bond donors (Lipinski definition) is 1. The Kier molecular flexibility index (Phi) is 5.45. The Balaban J connectivity index is 1.97. The van der Waals surface area contributed by atoms with Gasteiger partial charge in [0, 0.05) is 16.1 Å². The Hall–Kier alpha value is -1.77. The molecule has 0 fully saturated rings. The molecule has 0 saturated heterocycles. The molecule has 1 heterocycles. The molecule has 0 spiro atoms. The maximum absolute atomic E-state index is 12.7. The van der Waals surface area contributed by atoms with E-state index in [9.17, 15) is 8.42 Å². The van der Waals surface area contributed by atoms with Crippen LogP contribution in [0.5, 0.6) is 11.5 Å². The molecule has 8 heteroatoms. The molecule has 6 nitrogen and oxygen atoms in total. The maximum atomic E-state index is 12.7. The molecule has 0 amide bonds. The minimum absolute atomic E-state index is 0.187. The fraction of sp³-hybridized carbons (Fsp3) is 0.333. The van der Waals surface area contributed by atoms with Gasteiger partial charge in [-0.25, -0.2) is 8.42 Å². The van der Waals surface area contributed by atoms with Gasteiger partial charge in [-0.15, -0.1) is 0 Å². The minimum Gasteiger partial charge on any atom is -0.496 e. The van der Waals surface area contributed by atoms with Crippen molar-refractivity contribution in [2.24, 2.45) is 0 Å². The highest BCUT2D eigenvalue weighted by atomic mass is 79.9. The number of nitrogens with zero attached hydrogens (tertiary/aromatic N) is 1. The lowest BCUT2D eigenvalue weighted by Gasteiger charge is -2.32. The number of hydrogen-bond acceptors (Lipinski definition) is 5. The van der Waals surface area contributed by atoms with E-state index in [1.165, 1.54) is 0 Å². The van der Waals surface area contributed by atoms with Crippen LogP contribution in [0, 0.1) is 0 Å². The van der Waals surface area contributed by atoms with Crippen molar-refractivity contribution in [2.75, 3.05) is 32.5 Å². The molecule has 1 aliphatic heterocycles. The van der Waals surface area contributed by atoms with Gasteiger partial charge in [0.05, 0.1) is 17.7 Å². The van der Waals surface area contributed by atoms with Gasteiger partial charge in [-0.05, 0) is 56.9 Å². The number of ether oxygens (including phenoxy) is 2. The van der Waals surface area contributed by atoms with Crippen molar-refractivity contribution in [3.8, 4) is 11.5 Å². The summed E-state index contributed by atoms with van der Waals surface area (Å²) in [5.74, 6) is 1.22. The molecule has 0 saturated carbocycles. The number of likely N-dealkylation sites (N-methyl/N-ethyl adjacent to an activating group) is 1. The van der Waals surface area contributed by atoms with Gasteiger partial charge < -0.3 is 14.4 Å². The third-order valence-electron chi connectivity index (χ3n) is 4.40. The monoisotopic (exact) mass is 440 g/mol. The zero-order chi connectivity index (χ0) is 18.9. The number of halogens is 1. The molecule has 0 radical (unpaired) electrons. The Bertz CT molecular complexity index is 898. The van der Waals surface area contributed by atoms with Crippen LogP contribution in [0.25, 0.3) is 0 Å². The molecule has 1 N–H and O–H groups in total. The molecule has 0 bridgehead atoms. The average molecular weight is 441 g/mol. The van der Waals surface area contributed by atoms with Crippen LogP contribution in [-0.2, 0) is 16.4 Å². The second-order valence-electron chi connectivity index (χ2n) is 6.32. The highest BCUT2D eigenvalue weighted by molar-refractivity contribution is 9.10. The van der Waals surface area contributed by atoms with Gasteiger partial charge in [-0.2, -0.15) is 0 Å². The van der Waals surface area contributed by atoms with Crippen LogP contribution in [0.3, 0.4) is 0 Å². The van der Waals surface area contributed by atoms with E-state index in [0.29, 0.717) is 23.8 Å². The molecule has 0 unspecified atom stereocenters. The summed E-state index contributed by atoms with van der Waals surface area (Å²) in [5.41, 5.74) is 1.29. The Labute approximate surface area is 162 Å². The summed E-state index contributed by atoms with van der Waals surface area (Å²) in [6.07, 6.45) is 0.722. The van der Waals surface area contributed by atoms with E-state index in [0.717, 1.165) is 16.5 Å². The fourth-order valence-electron chi connectivity index (χ4n) is 2.86. The van der Waals surface area contributed by atoms with Crippen LogP contribution in [-0.4, -0.2) is 47.2 Å². The van der Waals surface area contributed by atoms with Crippen LogP contribution in [0.4, 0.5) is 5.69 Å². The molecule has 140 valence electrons. The third-order valence-corrected chi connectivity index (χ3v) is 6.31. The standard InChI is InChI=1S/C18H21BrN2O4S/c1-21(2)13-10-15-17(24-3)9-8-16(18(15)25-11-13)20-26(22,23)14-6-4-12(19)5-7-14/h4-9,13,20H,10-11H2,1-3H3/t13-/m1/s1. The quantitative estimate of drug-likeness (QED) is 0.773. The van der Waals surface area contributed by atoms with Crippen molar-refractivity contribution >= 4 is 31.6 Å². The number of methoxy groups -OCH3 is 1. The first-order valence-corrected chi connectivity index (χ1v) is 10.4.